The van der Waals surface area contributed by atoms with Crippen molar-refractivity contribution in [3.63, 3.8) is 0 Å². The van der Waals surface area contributed by atoms with Gasteiger partial charge in [0.05, 0.1) is 12.6 Å². The van der Waals surface area contributed by atoms with Gasteiger partial charge in [0.25, 0.3) is 0 Å². The lowest BCUT2D eigenvalue weighted by atomic mass is 9.90. The van der Waals surface area contributed by atoms with Crippen molar-refractivity contribution in [2.24, 2.45) is 5.92 Å². The Morgan fingerprint density at radius 3 is 1.94 bits per heavy atom. The number of rotatable bonds is 7. The van der Waals surface area contributed by atoms with Crippen molar-refractivity contribution < 1.29 is 9.47 Å². The number of hydrogen-bond donors (Lipinski definition) is 0. The molecule has 0 bridgehead atoms. The molecule has 0 aliphatic carbocycles. The molecule has 3 heteroatoms. The fourth-order valence-corrected chi connectivity index (χ4v) is 4.89. The van der Waals surface area contributed by atoms with E-state index in [2.05, 4.69) is 89.8 Å². The van der Waals surface area contributed by atoms with Crippen molar-refractivity contribution in [1.29, 1.82) is 0 Å². The lowest BCUT2D eigenvalue weighted by Gasteiger charge is -2.44. The highest BCUT2D eigenvalue weighted by Gasteiger charge is 2.34. The minimum atomic E-state index is 0.317. The van der Waals surface area contributed by atoms with Gasteiger partial charge in [0.2, 0.25) is 0 Å². The summed E-state index contributed by atoms with van der Waals surface area (Å²) in [5, 5.41) is 0. The Morgan fingerprint density at radius 1 is 0.774 bits per heavy atom. The molecule has 0 radical (unpaired) electrons. The SMILES string of the molecule is c1ccc(C(c2ccccc2)N2CC(COc3ccc(C4CCOCC4)cc3)C2)cc1. The molecule has 0 aromatic heterocycles. The Balaban J connectivity index is 1.16. The number of benzene rings is 3. The summed E-state index contributed by atoms with van der Waals surface area (Å²) in [4.78, 5) is 2.56. The molecule has 3 aromatic carbocycles. The maximum atomic E-state index is 6.14. The van der Waals surface area contributed by atoms with Gasteiger partial charge in [0.1, 0.15) is 5.75 Å². The molecule has 5 rings (SSSR count). The second-order valence-electron chi connectivity index (χ2n) is 8.81. The summed E-state index contributed by atoms with van der Waals surface area (Å²) in [6.45, 7) is 4.68. The summed E-state index contributed by atoms with van der Waals surface area (Å²) in [6.07, 6.45) is 2.25. The van der Waals surface area contributed by atoms with E-state index in [1.54, 1.807) is 0 Å². The summed E-state index contributed by atoms with van der Waals surface area (Å²) in [7, 11) is 0. The van der Waals surface area contributed by atoms with Crippen LogP contribution in [0, 0.1) is 5.92 Å². The minimum absolute atomic E-state index is 0.317. The third-order valence-corrected chi connectivity index (χ3v) is 6.64. The van der Waals surface area contributed by atoms with Gasteiger partial charge in [-0.15, -0.1) is 0 Å². The van der Waals surface area contributed by atoms with Crippen LogP contribution in [0.15, 0.2) is 84.9 Å². The Bertz CT molecular complexity index is 890. The van der Waals surface area contributed by atoms with E-state index in [1.807, 2.05) is 0 Å². The van der Waals surface area contributed by atoms with Gasteiger partial charge in [-0.25, -0.2) is 0 Å². The van der Waals surface area contributed by atoms with E-state index in [1.165, 1.54) is 16.7 Å². The zero-order valence-corrected chi connectivity index (χ0v) is 18.0. The average Bonchev–Trinajstić information content (AvgIpc) is 2.82. The van der Waals surface area contributed by atoms with Crippen LogP contribution in [-0.2, 0) is 4.74 Å². The van der Waals surface area contributed by atoms with Crippen molar-refractivity contribution in [1.82, 2.24) is 4.90 Å². The first-order valence-corrected chi connectivity index (χ1v) is 11.5. The Morgan fingerprint density at radius 2 is 1.35 bits per heavy atom. The van der Waals surface area contributed by atoms with E-state index in [0.29, 0.717) is 17.9 Å². The second-order valence-corrected chi connectivity index (χ2v) is 8.81. The first kappa shape index (κ1) is 20.3. The van der Waals surface area contributed by atoms with Crippen molar-refractivity contribution in [3.05, 3.63) is 102 Å². The Kier molecular flexibility index (Phi) is 6.33. The van der Waals surface area contributed by atoms with Crippen molar-refractivity contribution in [3.8, 4) is 5.75 Å². The Labute approximate surface area is 185 Å². The van der Waals surface area contributed by atoms with Crippen LogP contribution in [0.1, 0.15) is 41.5 Å². The van der Waals surface area contributed by atoms with Gasteiger partial charge in [-0.1, -0.05) is 72.8 Å². The predicted molar refractivity (Wildman–Crippen MR) is 125 cm³/mol. The third kappa shape index (κ3) is 4.84. The fraction of sp³-hybridized carbons (Fsp3) is 0.357. The molecular weight excluding hydrogens is 382 g/mol. The molecule has 3 aromatic rings. The summed E-state index contributed by atoms with van der Waals surface area (Å²) in [5.74, 6) is 2.19. The van der Waals surface area contributed by atoms with E-state index in [-0.39, 0.29) is 0 Å². The van der Waals surface area contributed by atoms with E-state index < -0.39 is 0 Å². The molecule has 2 aliphatic heterocycles. The van der Waals surface area contributed by atoms with Crippen molar-refractivity contribution in [2.75, 3.05) is 32.9 Å². The van der Waals surface area contributed by atoms with Crippen LogP contribution in [-0.4, -0.2) is 37.8 Å². The third-order valence-electron chi connectivity index (χ3n) is 6.64. The summed E-state index contributed by atoms with van der Waals surface area (Å²) < 4.78 is 11.6. The summed E-state index contributed by atoms with van der Waals surface area (Å²) in [5.41, 5.74) is 4.13. The van der Waals surface area contributed by atoms with Crippen molar-refractivity contribution >= 4 is 0 Å². The molecule has 2 aliphatic rings. The molecule has 0 spiro atoms. The number of likely N-dealkylation sites (tertiary alicyclic amines) is 1. The maximum Gasteiger partial charge on any atom is 0.119 e. The van der Waals surface area contributed by atoms with Gasteiger partial charge >= 0.3 is 0 Å². The average molecular weight is 414 g/mol. The fourth-order valence-electron chi connectivity index (χ4n) is 4.89. The van der Waals surface area contributed by atoms with Crippen molar-refractivity contribution in [2.45, 2.75) is 24.8 Å². The molecule has 31 heavy (non-hydrogen) atoms. The van der Waals surface area contributed by atoms with Crippen LogP contribution < -0.4 is 4.74 Å². The molecule has 2 heterocycles. The molecule has 160 valence electrons. The zero-order valence-electron chi connectivity index (χ0n) is 18.0. The highest BCUT2D eigenvalue weighted by atomic mass is 16.5. The van der Waals surface area contributed by atoms with Gasteiger partial charge in [0, 0.05) is 32.2 Å². The van der Waals surface area contributed by atoms with Crippen LogP contribution in [0.2, 0.25) is 0 Å². The lowest BCUT2D eigenvalue weighted by molar-refractivity contribution is 0.0378. The molecule has 0 amide bonds. The summed E-state index contributed by atoms with van der Waals surface area (Å²) >= 11 is 0. The number of nitrogens with zero attached hydrogens (tertiary/aromatic N) is 1. The van der Waals surface area contributed by atoms with Crippen LogP contribution in [0.4, 0.5) is 0 Å². The van der Waals surface area contributed by atoms with Crippen LogP contribution >= 0.6 is 0 Å². The topological polar surface area (TPSA) is 21.7 Å². The second kappa shape index (κ2) is 9.67. The molecule has 0 saturated carbocycles. The quantitative estimate of drug-likeness (QED) is 0.497. The molecule has 2 fully saturated rings. The van der Waals surface area contributed by atoms with Gasteiger partial charge in [-0.3, -0.25) is 4.90 Å². The highest BCUT2D eigenvalue weighted by Crippen LogP contribution is 2.34. The van der Waals surface area contributed by atoms with Gasteiger partial charge in [-0.05, 0) is 47.6 Å². The van der Waals surface area contributed by atoms with E-state index in [4.69, 9.17) is 9.47 Å². The van der Waals surface area contributed by atoms with Crippen LogP contribution in [0.3, 0.4) is 0 Å². The summed E-state index contributed by atoms with van der Waals surface area (Å²) in [6, 6.07) is 30.7. The van der Waals surface area contributed by atoms with Crippen LogP contribution in [0.25, 0.3) is 0 Å². The first-order valence-electron chi connectivity index (χ1n) is 11.5. The standard InChI is InChI=1S/C28H31NO2/c1-3-7-25(8-4-1)28(26-9-5-2-6-10-26)29-19-22(20-29)21-31-27-13-11-23(12-14-27)24-15-17-30-18-16-24/h1-14,22,24,28H,15-21H2. The molecule has 2 saturated heterocycles. The molecule has 0 N–H and O–H groups in total. The first-order chi connectivity index (χ1) is 15.4. The van der Waals surface area contributed by atoms with E-state index >= 15 is 0 Å². The zero-order chi connectivity index (χ0) is 20.9. The minimum Gasteiger partial charge on any atom is -0.493 e. The van der Waals surface area contributed by atoms with Gasteiger partial charge in [-0.2, -0.15) is 0 Å². The number of ether oxygens (including phenoxy) is 2. The number of hydrogen-bond acceptors (Lipinski definition) is 3. The lowest BCUT2D eigenvalue weighted by Crippen LogP contribution is -2.50. The van der Waals surface area contributed by atoms with E-state index in [9.17, 15) is 0 Å². The smallest absolute Gasteiger partial charge is 0.119 e. The van der Waals surface area contributed by atoms with Crippen LogP contribution in [0.5, 0.6) is 5.75 Å². The monoisotopic (exact) mass is 413 g/mol. The molecular formula is C28H31NO2. The highest BCUT2D eigenvalue weighted by molar-refractivity contribution is 5.33. The van der Waals surface area contributed by atoms with Gasteiger partial charge < -0.3 is 9.47 Å². The molecule has 0 atom stereocenters. The predicted octanol–water partition coefficient (Wildman–Crippen LogP) is 5.68. The largest absolute Gasteiger partial charge is 0.493 e. The maximum absolute atomic E-state index is 6.14. The van der Waals surface area contributed by atoms with E-state index in [0.717, 1.165) is 51.5 Å². The molecule has 0 unspecified atom stereocenters. The molecule has 3 nitrogen and oxygen atoms in total. The van der Waals surface area contributed by atoms with Gasteiger partial charge in [0.15, 0.2) is 0 Å². The normalized spacial score (nSPS) is 18.1. The Hall–Kier alpha value is -2.62.